The van der Waals surface area contributed by atoms with Crippen LogP contribution in [0, 0.1) is 10.1 Å². The molecule has 9 nitrogen and oxygen atoms in total. The number of hydrogen-bond acceptors (Lipinski definition) is 7. The molecular weight excluding hydrogens is 378 g/mol. The summed E-state index contributed by atoms with van der Waals surface area (Å²) in [5.74, 6) is -0.579. The number of nitro benzene ring substituents is 1. The van der Waals surface area contributed by atoms with Gasteiger partial charge >= 0.3 is 12.1 Å². The highest BCUT2D eigenvalue weighted by molar-refractivity contribution is 5.96. The fourth-order valence-electron chi connectivity index (χ4n) is 2.99. The number of carbonyl (C=O) groups is 2. The van der Waals surface area contributed by atoms with Gasteiger partial charge in [0.15, 0.2) is 0 Å². The molecule has 1 aliphatic heterocycles. The summed E-state index contributed by atoms with van der Waals surface area (Å²) in [6, 6.07) is 7.39. The number of ether oxygens (including phenoxy) is 2. The Labute approximate surface area is 167 Å². The number of esters is 1. The monoisotopic (exact) mass is 399 g/mol. The number of hydrogen-bond donors (Lipinski definition) is 0. The third-order valence-electron chi connectivity index (χ3n) is 4.30. The Morgan fingerprint density at radius 1 is 1.17 bits per heavy atom. The fourth-order valence-corrected chi connectivity index (χ4v) is 2.99. The zero-order valence-electron chi connectivity index (χ0n) is 16.6. The van der Waals surface area contributed by atoms with Gasteiger partial charge in [0.05, 0.1) is 42.1 Å². The average Bonchev–Trinajstić information content (AvgIpc) is 3.08. The van der Waals surface area contributed by atoms with Crippen LogP contribution in [-0.4, -0.2) is 39.6 Å². The van der Waals surface area contributed by atoms with E-state index in [4.69, 9.17) is 9.47 Å². The number of carbonyl (C=O) groups excluding carboxylic acids is 2. The Balaban J connectivity index is 1.98. The van der Waals surface area contributed by atoms with E-state index >= 15 is 0 Å². The Bertz CT molecular complexity index is 979. The van der Waals surface area contributed by atoms with Gasteiger partial charge < -0.3 is 9.47 Å². The van der Waals surface area contributed by atoms with Crippen LogP contribution in [0.25, 0.3) is 11.3 Å². The van der Waals surface area contributed by atoms with E-state index in [2.05, 4.69) is 4.98 Å². The Morgan fingerprint density at radius 2 is 1.83 bits per heavy atom. The van der Waals surface area contributed by atoms with Crippen molar-refractivity contribution in [1.82, 2.24) is 9.88 Å². The molecule has 2 heterocycles. The Kier molecular flexibility index (Phi) is 5.23. The molecule has 0 radical (unpaired) electrons. The van der Waals surface area contributed by atoms with Crippen LogP contribution in [-0.2, 0) is 22.6 Å². The minimum Gasteiger partial charge on any atom is -0.465 e. The number of fused-ring (bicyclic) bond motifs is 1. The summed E-state index contributed by atoms with van der Waals surface area (Å²) in [4.78, 5) is 41.2. The van der Waals surface area contributed by atoms with Crippen molar-refractivity contribution in [3.63, 3.8) is 0 Å². The molecule has 1 aromatic heterocycles. The zero-order valence-corrected chi connectivity index (χ0v) is 16.6. The minimum absolute atomic E-state index is 0.0642. The standard InChI is InChI=1S/C20H21N3O6/c1-20(2,3)29-19(25)22-10-13-9-15(18(24)28-4)17(21-16(13)11-22)12-5-7-14(8-6-12)23(26)27/h5-9H,10-11H2,1-4H3. The highest BCUT2D eigenvalue weighted by Gasteiger charge is 2.31. The van der Waals surface area contributed by atoms with E-state index in [1.165, 1.54) is 36.3 Å². The minimum atomic E-state index is -0.625. The van der Waals surface area contributed by atoms with E-state index in [1.54, 1.807) is 26.8 Å². The number of nitrogens with zero attached hydrogens (tertiary/aromatic N) is 3. The van der Waals surface area contributed by atoms with E-state index in [0.29, 0.717) is 17.0 Å². The molecule has 1 amide bonds. The maximum atomic E-state index is 12.4. The van der Waals surface area contributed by atoms with Gasteiger partial charge in [-0.25, -0.2) is 14.6 Å². The average molecular weight is 399 g/mol. The third kappa shape index (κ3) is 4.34. The van der Waals surface area contributed by atoms with Crippen molar-refractivity contribution < 1.29 is 24.0 Å². The van der Waals surface area contributed by atoms with Gasteiger partial charge in [-0.05, 0) is 44.5 Å². The quantitative estimate of drug-likeness (QED) is 0.439. The van der Waals surface area contributed by atoms with Gasteiger partial charge in [-0.2, -0.15) is 0 Å². The lowest BCUT2D eigenvalue weighted by molar-refractivity contribution is -0.384. The summed E-state index contributed by atoms with van der Waals surface area (Å²) < 4.78 is 10.3. The maximum Gasteiger partial charge on any atom is 0.410 e. The topological polar surface area (TPSA) is 112 Å². The molecule has 0 spiro atoms. The molecule has 152 valence electrons. The summed E-state index contributed by atoms with van der Waals surface area (Å²) in [6.45, 7) is 5.87. The molecule has 0 unspecified atom stereocenters. The summed E-state index contributed by atoms with van der Waals surface area (Å²) in [7, 11) is 1.27. The number of non-ortho nitro benzene ring substituents is 1. The number of methoxy groups -OCH3 is 1. The van der Waals surface area contributed by atoms with E-state index in [1.807, 2.05) is 0 Å². The molecule has 0 atom stereocenters. The van der Waals surface area contributed by atoms with E-state index < -0.39 is 22.6 Å². The Hall–Kier alpha value is -3.49. The van der Waals surface area contributed by atoms with Crippen LogP contribution in [0.4, 0.5) is 10.5 Å². The number of nitro groups is 1. The highest BCUT2D eigenvalue weighted by Crippen LogP contribution is 2.31. The van der Waals surface area contributed by atoms with Gasteiger partial charge in [0.2, 0.25) is 0 Å². The van der Waals surface area contributed by atoms with Gasteiger partial charge in [-0.3, -0.25) is 15.0 Å². The fraction of sp³-hybridized carbons (Fsp3) is 0.350. The van der Waals surface area contributed by atoms with Crippen molar-refractivity contribution >= 4 is 17.7 Å². The molecule has 0 aliphatic carbocycles. The number of pyridine rings is 1. The maximum absolute atomic E-state index is 12.4. The van der Waals surface area contributed by atoms with Gasteiger partial charge in [0.25, 0.3) is 5.69 Å². The van der Waals surface area contributed by atoms with Gasteiger partial charge in [0, 0.05) is 17.7 Å². The second kappa shape index (κ2) is 7.50. The molecule has 0 saturated carbocycles. The lowest BCUT2D eigenvalue weighted by atomic mass is 10.0. The first-order valence-electron chi connectivity index (χ1n) is 8.93. The van der Waals surface area contributed by atoms with Crippen LogP contribution in [0.5, 0.6) is 0 Å². The first-order chi connectivity index (χ1) is 13.6. The normalized spacial score (nSPS) is 13.0. The van der Waals surface area contributed by atoms with E-state index in [9.17, 15) is 19.7 Å². The summed E-state index contributed by atoms with van der Waals surface area (Å²) in [5.41, 5.74) is 1.78. The van der Waals surface area contributed by atoms with Crippen LogP contribution < -0.4 is 0 Å². The van der Waals surface area contributed by atoms with Crippen LogP contribution in [0.1, 0.15) is 42.4 Å². The van der Waals surface area contributed by atoms with Crippen molar-refractivity contribution in [2.45, 2.75) is 39.5 Å². The molecule has 0 bridgehead atoms. The molecule has 3 rings (SSSR count). The summed E-state index contributed by atoms with van der Waals surface area (Å²) in [6.07, 6.45) is -0.466. The molecule has 0 fully saturated rings. The molecule has 9 heteroatoms. The molecule has 29 heavy (non-hydrogen) atoms. The van der Waals surface area contributed by atoms with Gasteiger partial charge in [-0.15, -0.1) is 0 Å². The first kappa shape index (κ1) is 20.2. The number of benzene rings is 1. The molecule has 1 aromatic carbocycles. The van der Waals surface area contributed by atoms with Crippen LogP contribution in [0.2, 0.25) is 0 Å². The lowest BCUT2D eigenvalue weighted by Crippen LogP contribution is -2.33. The summed E-state index contributed by atoms with van der Waals surface area (Å²) >= 11 is 0. The van der Waals surface area contributed by atoms with E-state index in [0.717, 1.165) is 5.56 Å². The van der Waals surface area contributed by atoms with Crippen molar-refractivity contribution in [3.8, 4) is 11.3 Å². The summed E-state index contributed by atoms with van der Waals surface area (Å²) in [5, 5.41) is 10.9. The third-order valence-corrected chi connectivity index (χ3v) is 4.30. The van der Waals surface area contributed by atoms with Crippen molar-refractivity contribution in [2.24, 2.45) is 0 Å². The Morgan fingerprint density at radius 3 is 2.38 bits per heavy atom. The number of amides is 1. The second-order valence-corrected chi connectivity index (χ2v) is 7.62. The lowest BCUT2D eigenvalue weighted by Gasteiger charge is -2.23. The number of aromatic nitrogens is 1. The van der Waals surface area contributed by atoms with Crippen molar-refractivity contribution in [1.29, 1.82) is 0 Å². The van der Waals surface area contributed by atoms with Gasteiger partial charge in [-0.1, -0.05) is 0 Å². The SMILES string of the molecule is COC(=O)c1cc2c(nc1-c1ccc([N+](=O)[O-])cc1)CN(C(=O)OC(C)(C)C)C2. The predicted octanol–water partition coefficient (Wildman–Crippen LogP) is 3.69. The molecule has 0 saturated heterocycles. The largest absolute Gasteiger partial charge is 0.465 e. The molecule has 2 aromatic rings. The smallest absolute Gasteiger partial charge is 0.410 e. The number of rotatable bonds is 3. The van der Waals surface area contributed by atoms with Crippen LogP contribution in [0.15, 0.2) is 30.3 Å². The molecular formula is C20H21N3O6. The first-order valence-corrected chi connectivity index (χ1v) is 8.93. The van der Waals surface area contributed by atoms with Crippen molar-refractivity contribution in [3.05, 3.63) is 57.3 Å². The van der Waals surface area contributed by atoms with E-state index in [-0.39, 0.29) is 24.3 Å². The van der Waals surface area contributed by atoms with Gasteiger partial charge in [0.1, 0.15) is 5.60 Å². The van der Waals surface area contributed by atoms with Crippen molar-refractivity contribution in [2.75, 3.05) is 7.11 Å². The highest BCUT2D eigenvalue weighted by atomic mass is 16.6. The second-order valence-electron chi connectivity index (χ2n) is 7.62. The van der Waals surface area contributed by atoms with Crippen LogP contribution >= 0.6 is 0 Å². The van der Waals surface area contributed by atoms with Crippen LogP contribution in [0.3, 0.4) is 0 Å². The molecule has 1 aliphatic rings. The molecule has 0 N–H and O–H groups in total. The predicted molar refractivity (Wildman–Crippen MR) is 103 cm³/mol. The zero-order chi connectivity index (χ0) is 21.3.